The van der Waals surface area contributed by atoms with E-state index in [4.69, 9.17) is 0 Å². The Hall–Kier alpha value is -0.710. The van der Waals surface area contributed by atoms with Crippen molar-refractivity contribution in [2.24, 2.45) is 0 Å². The third-order valence-corrected chi connectivity index (χ3v) is 5.25. The number of thiophene rings is 1. The second kappa shape index (κ2) is 4.28. The highest BCUT2D eigenvalue weighted by molar-refractivity contribution is 7.21. The average molecular weight is 250 g/mol. The molecule has 0 radical (unpaired) electrons. The summed E-state index contributed by atoms with van der Waals surface area (Å²) in [4.78, 5) is 7.41. The molecule has 1 fully saturated rings. The Labute approximate surface area is 103 Å². The minimum atomic E-state index is 0.547. The molecule has 16 heavy (non-hydrogen) atoms. The lowest BCUT2D eigenvalue weighted by molar-refractivity contribution is 0.654. The molecule has 0 aromatic carbocycles. The van der Waals surface area contributed by atoms with E-state index in [1.165, 1.54) is 33.3 Å². The Morgan fingerprint density at radius 2 is 2.44 bits per heavy atom. The van der Waals surface area contributed by atoms with Gasteiger partial charge < -0.3 is 5.32 Å². The molecule has 3 heterocycles. The van der Waals surface area contributed by atoms with E-state index in [2.05, 4.69) is 34.7 Å². The minimum absolute atomic E-state index is 0.547. The first kappa shape index (κ1) is 10.4. The Bertz CT molecular complexity index is 467. The second-order valence-corrected chi connectivity index (χ2v) is 6.07. The molecule has 0 saturated carbocycles. The number of aromatic nitrogens is 1. The maximum absolute atomic E-state index is 4.69. The lowest BCUT2D eigenvalue weighted by Gasteiger charge is -2.06. The van der Waals surface area contributed by atoms with Crippen LogP contribution in [0.15, 0.2) is 17.5 Å². The monoisotopic (exact) mass is 250 g/mol. The molecule has 0 bridgehead atoms. The maximum atomic E-state index is 4.69. The number of hydrogen-bond acceptors (Lipinski definition) is 4. The number of aryl methyl sites for hydroxylation is 1. The third kappa shape index (κ3) is 1.81. The molecule has 84 valence electrons. The zero-order valence-electron chi connectivity index (χ0n) is 9.19. The third-order valence-electron chi connectivity index (χ3n) is 2.94. The van der Waals surface area contributed by atoms with Gasteiger partial charge in [-0.25, -0.2) is 4.98 Å². The van der Waals surface area contributed by atoms with Gasteiger partial charge >= 0.3 is 0 Å². The van der Waals surface area contributed by atoms with Crippen LogP contribution in [0.5, 0.6) is 0 Å². The zero-order valence-corrected chi connectivity index (χ0v) is 10.8. The Kier molecular flexibility index (Phi) is 2.79. The molecule has 3 rings (SSSR count). The van der Waals surface area contributed by atoms with Crippen LogP contribution in [-0.2, 0) is 0 Å². The Balaban J connectivity index is 1.95. The van der Waals surface area contributed by atoms with Crippen molar-refractivity contribution >= 4 is 22.7 Å². The highest BCUT2D eigenvalue weighted by Gasteiger charge is 2.21. The van der Waals surface area contributed by atoms with Gasteiger partial charge in [0.05, 0.1) is 10.6 Å². The van der Waals surface area contributed by atoms with Crippen LogP contribution in [0.4, 0.5) is 0 Å². The molecule has 1 aliphatic rings. The van der Waals surface area contributed by atoms with Crippen LogP contribution in [0.25, 0.3) is 9.88 Å². The first-order valence-corrected chi connectivity index (χ1v) is 7.29. The fourth-order valence-corrected chi connectivity index (χ4v) is 4.12. The average Bonchev–Trinajstić information content (AvgIpc) is 2.97. The Morgan fingerprint density at radius 3 is 3.12 bits per heavy atom. The van der Waals surface area contributed by atoms with Crippen molar-refractivity contribution in [3.05, 3.63) is 28.1 Å². The SMILES string of the molecule is Cc1nc(-c2cccs2)sc1C1CCCN1. The molecular formula is C12H14N2S2. The molecule has 0 spiro atoms. The van der Waals surface area contributed by atoms with Gasteiger partial charge in [0.25, 0.3) is 0 Å². The molecule has 1 aliphatic heterocycles. The van der Waals surface area contributed by atoms with Gasteiger partial charge in [0.2, 0.25) is 0 Å². The Morgan fingerprint density at radius 1 is 1.50 bits per heavy atom. The van der Waals surface area contributed by atoms with Gasteiger partial charge in [-0.3, -0.25) is 0 Å². The number of nitrogens with one attached hydrogen (secondary N) is 1. The summed E-state index contributed by atoms with van der Waals surface area (Å²) in [6.45, 7) is 3.28. The summed E-state index contributed by atoms with van der Waals surface area (Å²) >= 11 is 3.62. The topological polar surface area (TPSA) is 24.9 Å². The summed E-state index contributed by atoms with van der Waals surface area (Å²) in [5.41, 5.74) is 1.20. The van der Waals surface area contributed by atoms with Crippen molar-refractivity contribution in [1.82, 2.24) is 10.3 Å². The summed E-state index contributed by atoms with van der Waals surface area (Å²) < 4.78 is 0. The molecule has 1 N–H and O–H groups in total. The van der Waals surface area contributed by atoms with E-state index >= 15 is 0 Å². The standard InChI is InChI=1S/C12H14N2S2/c1-8-11(9-4-2-6-13-9)16-12(14-8)10-5-3-7-15-10/h3,5,7,9,13H,2,4,6H2,1H3. The van der Waals surface area contributed by atoms with Crippen molar-refractivity contribution in [1.29, 1.82) is 0 Å². The highest BCUT2D eigenvalue weighted by atomic mass is 32.1. The van der Waals surface area contributed by atoms with Gasteiger partial charge in [-0.2, -0.15) is 0 Å². The first-order valence-electron chi connectivity index (χ1n) is 5.59. The van der Waals surface area contributed by atoms with E-state index in [0.717, 1.165) is 6.54 Å². The molecule has 1 saturated heterocycles. The van der Waals surface area contributed by atoms with Gasteiger partial charge in [-0.05, 0) is 37.8 Å². The van der Waals surface area contributed by atoms with Crippen molar-refractivity contribution in [2.75, 3.05) is 6.54 Å². The van der Waals surface area contributed by atoms with Crippen LogP contribution in [0.3, 0.4) is 0 Å². The van der Waals surface area contributed by atoms with Crippen molar-refractivity contribution in [3.8, 4) is 9.88 Å². The van der Waals surface area contributed by atoms with Gasteiger partial charge in [0, 0.05) is 10.9 Å². The number of nitrogens with zero attached hydrogens (tertiary/aromatic N) is 1. The molecule has 1 atom stereocenters. The molecule has 4 heteroatoms. The lowest BCUT2D eigenvalue weighted by atomic mass is 10.2. The molecular weight excluding hydrogens is 236 g/mol. The molecule has 2 aromatic heterocycles. The molecule has 0 amide bonds. The van der Waals surface area contributed by atoms with Crippen LogP contribution in [0.2, 0.25) is 0 Å². The second-order valence-electron chi connectivity index (χ2n) is 4.09. The first-order chi connectivity index (χ1) is 7.84. The summed E-state index contributed by atoms with van der Waals surface area (Å²) in [5.74, 6) is 0. The predicted octanol–water partition coefficient (Wildman–Crippen LogP) is 3.60. The molecule has 0 aliphatic carbocycles. The predicted molar refractivity (Wildman–Crippen MR) is 70.1 cm³/mol. The lowest BCUT2D eigenvalue weighted by Crippen LogP contribution is -2.12. The number of thiazole rings is 1. The van der Waals surface area contributed by atoms with E-state index in [9.17, 15) is 0 Å². The van der Waals surface area contributed by atoms with Crippen LogP contribution in [-0.4, -0.2) is 11.5 Å². The summed E-state index contributed by atoms with van der Waals surface area (Å²) in [5, 5.41) is 6.83. The van der Waals surface area contributed by atoms with Crippen LogP contribution in [0, 0.1) is 6.92 Å². The van der Waals surface area contributed by atoms with Gasteiger partial charge in [0.15, 0.2) is 0 Å². The smallest absolute Gasteiger partial charge is 0.133 e. The van der Waals surface area contributed by atoms with Crippen molar-refractivity contribution in [2.45, 2.75) is 25.8 Å². The maximum Gasteiger partial charge on any atom is 0.133 e. The van der Waals surface area contributed by atoms with E-state index in [1.807, 2.05) is 11.3 Å². The van der Waals surface area contributed by atoms with Crippen molar-refractivity contribution in [3.63, 3.8) is 0 Å². The summed E-state index contributed by atoms with van der Waals surface area (Å²) in [6.07, 6.45) is 2.54. The molecule has 2 aromatic rings. The van der Waals surface area contributed by atoms with Crippen molar-refractivity contribution < 1.29 is 0 Å². The molecule has 2 nitrogen and oxygen atoms in total. The van der Waals surface area contributed by atoms with Crippen LogP contribution < -0.4 is 5.32 Å². The summed E-state index contributed by atoms with van der Waals surface area (Å²) in [7, 11) is 0. The summed E-state index contributed by atoms with van der Waals surface area (Å²) in [6, 6.07) is 4.78. The van der Waals surface area contributed by atoms with E-state index in [-0.39, 0.29) is 0 Å². The van der Waals surface area contributed by atoms with E-state index < -0.39 is 0 Å². The highest BCUT2D eigenvalue weighted by Crippen LogP contribution is 2.36. The van der Waals surface area contributed by atoms with E-state index in [0.29, 0.717) is 6.04 Å². The zero-order chi connectivity index (χ0) is 11.0. The number of hydrogen-bond donors (Lipinski definition) is 1. The normalized spacial score (nSPS) is 20.4. The van der Waals surface area contributed by atoms with Gasteiger partial charge in [-0.15, -0.1) is 22.7 Å². The van der Waals surface area contributed by atoms with Gasteiger partial charge in [-0.1, -0.05) is 6.07 Å². The van der Waals surface area contributed by atoms with Crippen LogP contribution >= 0.6 is 22.7 Å². The largest absolute Gasteiger partial charge is 0.309 e. The fourth-order valence-electron chi connectivity index (χ4n) is 2.15. The minimum Gasteiger partial charge on any atom is -0.309 e. The van der Waals surface area contributed by atoms with Crippen LogP contribution in [0.1, 0.15) is 29.5 Å². The van der Waals surface area contributed by atoms with E-state index in [1.54, 1.807) is 11.3 Å². The quantitative estimate of drug-likeness (QED) is 0.881. The number of rotatable bonds is 2. The molecule has 1 unspecified atom stereocenters. The van der Waals surface area contributed by atoms with Gasteiger partial charge in [0.1, 0.15) is 5.01 Å². The fraction of sp³-hybridized carbons (Fsp3) is 0.417.